The van der Waals surface area contributed by atoms with Crippen molar-refractivity contribution in [1.82, 2.24) is 4.90 Å². The zero-order valence-electron chi connectivity index (χ0n) is 10.7. The lowest BCUT2D eigenvalue weighted by Crippen LogP contribution is -2.45. The van der Waals surface area contributed by atoms with E-state index in [-0.39, 0.29) is 0 Å². The van der Waals surface area contributed by atoms with E-state index in [9.17, 15) is 23.1 Å². The summed E-state index contributed by atoms with van der Waals surface area (Å²) >= 11 is 0. The molecule has 0 aromatic rings. The Balaban J connectivity index is 6.58. The molecule has 0 fully saturated rings. The molecule has 0 spiro atoms. The average molecular weight is 423 g/mol. The van der Waals surface area contributed by atoms with Gasteiger partial charge in [0, 0.05) is 0 Å². The molecule has 0 aliphatic carbocycles. The third kappa shape index (κ3) is 6.81. The smallest absolute Gasteiger partial charge is 0.355 e. The van der Waals surface area contributed by atoms with Crippen LogP contribution in [0.4, 0.5) is 0 Å². The molecule has 0 aliphatic heterocycles. The maximum Gasteiger partial charge on any atom is 0.355 e. The van der Waals surface area contributed by atoms with Crippen molar-refractivity contribution in [2.45, 2.75) is 11.0 Å². The van der Waals surface area contributed by atoms with Crippen LogP contribution in [0.3, 0.4) is 0 Å². The molecule has 9 N–H and O–H groups in total. The van der Waals surface area contributed by atoms with Crippen molar-refractivity contribution >= 4 is 36.4 Å². The van der Waals surface area contributed by atoms with Crippen LogP contribution < -0.4 is 0 Å². The molecule has 0 radical (unpaired) electrons. The summed E-state index contributed by atoms with van der Waals surface area (Å²) in [6.07, 6.45) is 0. The number of aliphatic carboxylic acids is 1. The molecule has 15 nitrogen and oxygen atoms in total. The number of carboxylic acids is 1. The molecule has 138 valence electrons. The fraction of sp³-hybridized carbons (Fsp3) is 0.750. The summed E-state index contributed by atoms with van der Waals surface area (Å²) in [7, 11) is -24.0. The summed E-state index contributed by atoms with van der Waals surface area (Å²) in [5.74, 6) is -2.12. The van der Waals surface area contributed by atoms with Gasteiger partial charge in [-0.25, -0.2) is 4.90 Å². The highest BCUT2D eigenvalue weighted by atomic mass is 31.2. The van der Waals surface area contributed by atoms with Crippen molar-refractivity contribution in [3.05, 3.63) is 0 Å². The molecule has 0 aromatic heterocycles. The lowest BCUT2D eigenvalue weighted by atomic mass is 10.6. The monoisotopic (exact) mass is 423 g/mol. The van der Waals surface area contributed by atoms with Crippen LogP contribution >= 0.6 is 30.4 Å². The molecule has 0 rings (SSSR count). The maximum absolute atomic E-state index is 11.2. The Labute approximate surface area is 127 Å². The van der Waals surface area contributed by atoms with Crippen LogP contribution in [0, 0.1) is 0 Å². The van der Waals surface area contributed by atoms with Gasteiger partial charge in [0.05, 0.1) is 6.54 Å². The number of rotatable bonds is 8. The quantitative estimate of drug-likeness (QED) is 0.185. The third-order valence-electron chi connectivity index (χ3n) is 2.11. The normalized spacial score (nSPS) is 14.7. The highest BCUT2D eigenvalue weighted by molar-refractivity contribution is 7.72. The van der Waals surface area contributed by atoms with Gasteiger partial charge < -0.3 is 44.3 Å². The Morgan fingerprint density at radius 1 is 0.696 bits per heavy atom. The first-order valence-corrected chi connectivity index (χ1v) is 11.7. The second-order valence-corrected chi connectivity index (χ2v) is 11.6. The second-order valence-electron chi connectivity index (χ2n) is 4.12. The van der Waals surface area contributed by atoms with Gasteiger partial charge in [-0.1, -0.05) is 0 Å². The Hall–Kier alpha value is 0.0300. The minimum Gasteiger partial charge on any atom is -0.480 e. The van der Waals surface area contributed by atoms with Crippen molar-refractivity contribution < 1.29 is 67.3 Å². The van der Waals surface area contributed by atoms with Crippen LogP contribution in [-0.2, 0) is 23.1 Å². The highest BCUT2D eigenvalue weighted by Gasteiger charge is 2.58. The molecule has 23 heavy (non-hydrogen) atoms. The second kappa shape index (κ2) is 7.11. The van der Waals surface area contributed by atoms with E-state index >= 15 is 0 Å². The number of carbonyl (C=O) groups is 1. The van der Waals surface area contributed by atoms with Crippen LogP contribution in [0.25, 0.3) is 0 Å². The van der Waals surface area contributed by atoms with Gasteiger partial charge in [0.15, 0.2) is 0 Å². The van der Waals surface area contributed by atoms with Gasteiger partial charge in [-0.15, -0.1) is 0 Å². The first kappa shape index (κ1) is 23.0. The van der Waals surface area contributed by atoms with E-state index in [2.05, 4.69) is 0 Å². The standard InChI is InChI=1S/C4H13NO14P4/c6-2(7)1-5(3(20(8,9)10)21(11,12)13)4(22(14,15)16)23(17,18)19/h3-4H,1H2,(H,6,7)(H2,8,9,10)(H2,11,12,13)(H2,14,15,16)(H2,17,18,19). The first-order valence-electron chi connectivity index (χ1n) is 4.98. The Morgan fingerprint density at radius 3 is 1.04 bits per heavy atom. The number of carboxylic acid groups (broad SMARTS) is 1. The zero-order chi connectivity index (χ0) is 19.0. The summed E-state index contributed by atoms with van der Waals surface area (Å²) in [6, 6.07) is 0. The van der Waals surface area contributed by atoms with Crippen molar-refractivity contribution in [3.8, 4) is 0 Å². The van der Waals surface area contributed by atoms with Crippen molar-refractivity contribution in [3.63, 3.8) is 0 Å². The van der Waals surface area contributed by atoms with Gasteiger partial charge in [0.1, 0.15) is 0 Å². The predicted molar refractivity (Wildman–Crippen MR) is 70.1 cm³/mol. The SMILES string of the molecule is O=C(O)CN(C(P(=O)(O)O)P(=O)(O)O)C(P(=O)(O)O)P(=O)(O)O. The van der Waals surface area contributed by atoms with E-state index < -0.39 is 58.8 Å². The van der Waals surface area contributed by atoms with Crippen LogP contribution in [0.5, 0.6) is 0 Å². The van der Waals surface area contributed by atoms with Crippen molar-refractivity contribution in [2.24, 2.45) is 0 Å². The molecule has 0 aliphatic rings. The lowest BCUT2D eigenvalue weighted by Gasteiger charge is -2.36. The predicted octanol–water partition coefficient (Wildman–Crippen LogP) is -2.35. The molecule has 0 amide bonds. The Bertz CT molecular complexity index is 541. The zero-order valence-corrected chi connectivity index (χ0v) is 14.2. The largest absolute Gasteiger partial charge is 0.480 e. The van der Waals surface area contributed by atoms with E-state index in [0.717, 1.165) is 0 Å². The van der Waals surface area contributed by atoms with Crippen molar-refractivity contribution in [2.75, 3.05) is 6.54 Å². The van der Waals surface area contributed by atoms with Gasteiger partial charge in [-0.05, 0) is 0 Å². The number of hydrogen-bond donors (Lipinski definition) is 9. The van der Waals surface area contributed by atoms with Crippen LogP contribution in [0.15, 0.2) is 0 Å². The third-order valence-corrected chi connectivity index (χ3v) is 9.32. The Morgan fingerprint density at radius 2 is 0.913 bits per heavy atom. The summed E-state index contributed by atoms with van der Waals surface area (Å²) in [5.41, 5.74) is -6.98. The maximum atomic E-state index is 11.2. The molecule has 19 heteroatoms. The number of hydrogen-bond acceptors (Lipinski definition) is 6. The topological polar surface area (TPSA) is 271 Å². The minimum atomic E-state index is -5.99. The fourth-order valence-electron chi connectivity index (χ4n) is 1.60. The van der Waals surface area contributed by atoms with E-state index in [0.29, 0.717) is 0 Å². The summed E-state index contributed by atoms with van der Waals surface area (Å²) in [6.45, 7) is -1.89. The van der Waals surface area contributed by atoms with E-state index in [1.54, 1.807) is 0 Å². The van der Waals surface area contributed by atoms with Crippen LogP contribution in [0.1, 0.15) is 0 Å². The average Bonchev–Trinajstić information content (AvgIpc) is 2.04. The van der Waals surface area contributed by atoms with Crippen molar-refractivity contribution in [1.29, 1.82) is 0 Å². The van der Waals surface area contributed by atoms with E-state index in [1.807, 2.05) is 0 Å². The highest BCUT2D eigenvalue weighted by Crippen LogP contribution is 2.68. The lowest BCUT2D eigenvalue weighted by molar-refractivity contribution is -0.138. The molecule has 0 atom stereocenters. The van der Waals surface area contributed by atoms with Gasteiger partial charge in [-0.2, -0.15) is 0 Å². The number of nitrogens with zero attached hydrogens (tertiary/aromatic N) is 1. The van der Waals surface area contributed by atoms with Crippen LogP contribution in [-0.4, -0.2) is 72.7 Å². The summed E-state index contributed by atoms with van der Waals surface area (Å²) in [5, 5.41) is 8.59. The summed E-state index contributed by atoms with van der Waals surface area (Å²) < 4.78 is 44.9. The fourth-order valence-corrected chi connectivity index (χ4v) is 7.56. The Kier molecular flexibility index (Phi) is 7.11. The molecule has 0 heterocycles. The van der Waals surface area contributed by atoms with Gasteiger partial charge in [0.2, 0.25) is 11.0 Å². The first-order chi connectivity index (χ1) is 9.79. The molecule has 0 saturated carbocycles. The summed E-state index contributed by atoms with van der Waals surface area (Å²) in [4.78, 5) is 81.5. The van der Waals surface area contributed by atoms with E-state index in [1.165, 1.54) is 0 Å². The van der Waals surface area contributed by atoms with Gasteiger partial charge >= 0.3 is 36.4 Å². The van der Waals surface area contributed by atoms with Crippen LogP contribution in [0.2, 0.25) is 0 Å². The molecule has 0 saturated heterocycles. The van der Waals surface area contributed by atoms with E-state index in [4.69, 9.17) is 44.3 Å². The molecule has 0 unspecified atom stereocenters. The molecular formula is C4H13NO14P4. The van der Waals surface area contributed by atoms with Gasteiger partial charge in [-0.3, -0.25) is 23.1 Å². The van der Waals surface area contributed by atoms with Gasteiger partial charge in [0.25, 0.3) is 0 Å². The molecule has 0 aromatic carbocycles. The minimum absolute atomic E-state index is 0.786. The molecule has 0 bridgehead atoms. The molecular weight excluding hydrogens is 410 g/mol.